The highest BCUT2D eigenvalue weighted by molar-refractivity contribution is 5.79. The summed E-state index contributed by atoms with van der Waals surface area (Å²) >= 11 is 0. The van der Waals surface area contributed by atoms with Crippen molar-refractivity contribution >= 4 is 17.3 Å². The van der Waals surface area contributed by atoms with E-state index in [1.807, 2.05) is 42.2 Å². The number of rotatable bonds is 6. The average Bonchev–Trinajstić information content (AvgIpc) is 2.72. The van der Waals surface area contributed by atoms with E-state index >= 15 is 0 Å². The Kier molecular flexibility index (Phi) is 6.13. The van der Waals surface area contributed by atoms with Gasteiger partial charge in [-0.15, -0.1) is 0 Å². The van der Waals surface area contributed by atoms with Crippen LogP contribution in [0.1, 0.15) is 24.0 Å². The molecule has 0 unspecified atom stereocenters. The van der Waals surface area contributed by atoms with E-state index in [4.69, 9.17) is 4.74 Å². The number of hydrogen-bond acceptors (Lipinski definition) is 5. The lowest BCUT2D eigenvalue weighted by atomic mass is 9.94. The van der Waals surface area contributed by atoms with Gasteiger partial charge in [-0.2, -0.15) is 0 Å². The van der Waals surface area contributed by atoms with Crippen molar-refractivity contribution in [2.45, 2.75) is 26.3 Å². The van der Waals surface area contributed by atoms with Crippen LogP contribution in [0.4, 0.5) is 11.4 Å². The van der Waals surface area contributed by atoms with E-state index in [0.29, 0.717) is 38.2 Å². The molecule has 0 spiro atoms. The maximum atomic E-state index is 12.5. The van der Waals surface area contributed by atoms with E-state index in [2.05, 4.69) is 5.32 Å². The zero-order valence-corrected chi connectivity index (χ0v) is 16.2. The summed E-state index contributed by atoms with van der Waals surface area (Å²) in [5, 5.41) is 14.4. The number of para-hydroxylation sites is 1. The minimum atomic E-state index is -0.337. The van der Waals surface area contributed by atoms with Crippen molar-refractivity contribution in [2.75, 3.05) is 25.1 Å². The molecule has 1 N–H and O–H groups in total. The van der Waals surface area contributed by atoms with Gasteiger partial charge in [-0.1, -0.05) is 24.3 Å². The number of nitrogens with zero attached hydrogens (tertiary/aromatic N) is 2. The van der Waals surface area contributed by atoms with Gasteiger partial charge in [0, 0.05) is 31.6 Å². The van der Waals surface area contributed by atoms with Crippen molar-refractivity contribution in [1.29, 1.82) is 0 Å². The summed E-state index contributed by atoms with van der Waals surface area (Å²) in [4.78, 5) is 25.6. The quantitative estimate of drug-likeness (QED) is 0.610. The van der Waals surface area contributed by atoms with Crippen LogP contribution in [0.15, 0.2) is 42.5 Å². The summed E-state index contributed by atoms with van der Waals surface area (Å²) in [5.74, 6) is 0.750. The fourth-order valence-corrected chi connectivity index (χ4v) is 3.64. The van der Waals surface area contributed by atoms with Gasteiger partial charge in [0.05, 0.1) is 12.0 Å². The topological polar surface area (TPSA) is 84.7 Å². The van der Waals surface area contributed by atoms with Gasteiger partial charge in [0.1, 0.15) is 11.4 Å². The predicted octanol–water partition coefficient (Wildman–Crippen LogP) is 3.44. The maximum Gasteiger partial charge on any atom is 0.292 e. The average molecular weight is 383 g/mol. The van der Waals surface area contributed by atoms with Crippen molar-refractivity contribution in [3.05, 3.63) is 63.7 Å². The molecule has 0 aromatic heterocycles. The maximum absolute atomic E-state index is 12.5. The van der Waals surface area contributed by atoms with Gasteiger partial charge in [0.15, 0.2) is 0 Å². The lowest BCUT2D eigenvalue weighted by Crippen LogP contribution is -2.40. The molecule has 0 saturated carbocycles. The second kappa shape index (κ2) is 8.73. The van der Waals surface area contributed by atoms with Gasteiger partial charge in [0.25, 0.3) is 5.69 Å². The van der Waals surface area contributed by atoms with Gasteiger partial charge in [0.2, 0.25) is 5.91 Å². The number of piperidine rings is 1. The van der Waals surface area contributed by atoms with Crippen molar-refractivity contribution in [3.63, 3.8) is 0 Å². The van der Waals surface area contributed by atoms with E-state index in [0.717, 1.165) is 16.9 Å². The molecule has 1 aliphatic heterocycles. The summed E-state index contributed by atoms with van der Waals surface area (Å²) in [5.41, 5.74) is 2.70. The normalized spacial score (nSPS) is 14.6. The third-order valence-corrected chi connectivity index (χ3v) is 5.22. The van der Waals surface area contributed by atoms with Crippen molar-refractivity contribution in [1.82, 2.24) is 5.32 Å². The Labute approximate surface area is 164 Å². The van der Waals surface area contributed by atoms with Crippen LogP contribution >= 0.6 is 0 Å². The van der Waals surface area contributed by atoms with Gasteiger partial charge < -0.3 is 15.0 Å². The smallest absolute Gasteiger partial charge is 0.292 e. The minimum absolute atomic E-state index is 0.0368. The molecule has 1 amide bonds. The molecular weight excluding hydrogens is 358 g/mol. The van der Waals surface area contributed by atoms with Crippen LogP contribution in [-0.2, 0) is 11.3 Å². The van der Waals surface area contributed by atoms with Gasteiger partial charge in [-0.05, 0) is 43.0 Å². The number of benzene rings is 2. The first-order valence-electron chi connectivity index (χ1n) is 9.39. The molecule has 0 atom stereocenters. The molecule has 28 heavy (non-hydrogen) atoms. The van der Waals surface area contributed by atoms with E-state index in [9.17, 15) is 14.9 Å². The number of methoxy groups -OCH3 is 1. The van der Waals surface area contributed by atoms with Crippen LogP contribution in [0.2, 0.25) is 0 Å². The van der Waals surface area contributed by atoms with Crippen LogP contribution in [0.5, 0.6) is 5.75 Å². The summed E-state index contributed by atoms with van der Waals surface area (Å²) < 4.78 is 5.13. The highest BCUT2D eigenvalue weighted by Gasteiger charge is 2.29. The number of carbonyl (C=O) groups is 1. The summed E-state index contributed by atoms with van der Waals surface area (Å²) in [6.45, 7) is 3.63. The second-order valence-corrected chi connectivity index (χ2v) is 7.03. The van der Waals surface area contributed by atoms with Crippen molar-refractivity contribution < 1.29 is 14.5 Å². The van der Waals surface area contributed by atoms with Crippen molar-refractivity contribution in [3.8, 4) is 5.75 Å². The first-order chi connectivity index (χ1) is 13.5. The van der Waals surface area contributed by atoms with E-state index < -0.39 is 0 Å². The van der Waals surface area contributed by atoms with Crippen LogP contribution in [-0.4, -0.2) is 31.0 Å². The molecule has 1 fully saturated rings. The largest absolute Gasteiger partial charge is 0.497 e. The molecule has 0 radical (unpaired) electrons. The number of aryl methyl sites for hydroxylation is 1. The second-order valence-electron chi connectivity index (χ2n) is 7.03. The third kappa shape index (κ3) is 4.42. The van der Waals surface area contributed by atoms with Crippen LogP contribution in [0.25, 0.3) is 0 Å². The molecule has 148 valence electrons. The lowest BCUT2D eigenvalue weighted by molar-refractivity contribution is -0.384. The summed E-state index contributed by atoms with van der Waals surface area (Å²) in [7, 11) is 1.62. The fraction of sp³-hybridized carbons (Fsp3) is 0.381. The number of nitro benzene ring substituents is 1. The molecule has 3 rings (SSSR count). The molecule has 1 saturated heterocycles. The molecule has 0 bridgehead atoms. The molecule has 1 aliphatic rings. The molecule has 7 nitrogen and oxygen atoms in total. The Morgan fingerprint density at radius 2 is 1.89 bits per heavy atom. The predicted molar refractivity (Wildman–Crippen MR) is 108 cm³/mol. The first-order valence-corrected chi connectivity index (χ1v) is 9.39. The number of ether oxygens (including phenoxy) is 1. The van der Waals surface area contributed by atoms with Gasteiger partial charge in [-0.25, -0.2) is 0 Å². The first kappa shape index (κ1) is 19.7. The lowest BCUT2D eigenvalue weighted by Gasteiger charge is -2.33. The van der Waals surface area contributed by atoms with Crippen LogP contribution in [0.3, 0.4) is 0 Å². The van der Waals surface area contributed by atoms with Crippen LogP contribution < -0.4 is 15.0 Å². The Hall–Kier alpha value is -3.09. The molecule has 2 aromatic rings. The standard InChI is InChI=1S/C21H25N3O4/c1-15-4-3-5-19(24(26)27)20(15)23-12-10-17(11-13-23)21(25)22-14-16-6-8-18(28-2)9-7-16/h3-9,17H,10-14H2,1-2H3,(H,22,25). The zero-order valence-electron chi connectivity index (χ0n) is 16.2. The van der Waals surface area contributed by atoms with E-state index in [1.165, 1.54) is 6.07 Å². The summed E-state index contributed by atoms with van der Waals surface area (Å²) in [6.07, 6.45) is 1.36. The zero-order chi connectivity index (χ0) is 20.1. The highest BCUT2D eigenvalue weighted by atomic mass is 16.6. The number of nitro groups is 1. The molecule has 0 aliphatic carbocycles. The fourth-order valence-electron chi connectivity index (χ4n) is 3.64. The van der Waals surface area contributed by atoms with Gasteiger partial charge >= 0.3 is 0 Å². The molecule has 7 heteroatoms. The summed E-state index contributed by atoms with van der Waals surface area (Å²) in [6, 6.07) is 12.7. The number of carbonyl (C=O) groups excluding carboxylic acids is 1. The Morgan fingerprint density at radius 3 is 2.50 bits per heavy atom. The third-order valence-electron chi connectivity index (χ3n) is 5.22. The van der Waals surface area contributed by atoms with Gasteiger partial charge in [-0.3, -0.25) is 14.9 Å². The molecular formula is C21H25N3O4. The number of amides is 1. The Bertz CT molecular complexity index is 843. The van der Waals surface area contributed by atoms with E-state index in [1.54, 1.807) is 13.2 Å². The molecule has 1 heterocycles. The Balaban J connectivity index is 1.56. The minimum Gasteiger partial charge on any atom is -0.497 e. The monoisotopic (exact) mass is 383 g/mol. The SMILES string of the molecule is COc1ccc(CNC(=O)C2CCN(c3c(C)cccc3[N+](=O)[O-])CC2)cc1. The highest BCUT2D eigenvalue weighted by Crippen LogP contribution is 2.34. The van der Waals surface area contributed by atoms with E-state index in [-0.39, 0.29) is 22.4 Å². The number of anilines is 1. The van der Waals surface area contributed by atoms with Crippen molar-refractivity contribution in [2.24, 2.45) is 5.92 Å². The number of nitrogens with one attached hydrogen (secondary N) is 1. The Morgan fingerprint density at radius 1 is 1.21 bits per heavy atom. The number of hydrogen-bond donors (Lipinski definition) is 1. The molecule has 2 aromatic carbocycles. The van der Waals surface area contributed by atoms with Crippen LogP contribution in [0, 0.1) is 23.0 Å².